The fourth-order valence-corrected chi connectivity index (χ4v) is 4.08. The highest BCUT2D eigenvalue weighted by Crippen LogP contribution is 2.32. The number of hydrogen-bond acceptors (Lipinski definition) is 3. The molecule has 1 N–H and O–H groups in total. The van der Waals surface area contributed by atoms with Crippen LogP contribution in [0.3, 0.4) is 0 Å². The van der Waals surface area contributed by atoms with Crippen LogP contribution >= 0.6 is 0 Å². The normalized spacial score (nSPS) is 15.6. The number of nitrogens with zero attached hydrogens (tertiary/aromatic N) is 1. The molecule has 118 valence electrons. The maximum Gasteiger partial charge on any atom is 0.243 e. The van der Waals surface area contributed by atoms with Crippen LogP contribution in [-0.4, -0.2) is 31.9 Å². The summed E-state index contributed by atoms with van der Waals surface area (Å²) in [6.45, 7) is 6.47. The second kappa shape index (κ2) is 7.38. The maximum atomic E-state index is 12.8. The van der Waals surface area contributed by atoms with E-state index in [0.717, 1.165) is 44.3 Å². The third-order valence-electron chi connectivity index (χ3n) is 3.80. The Bertz CT molecular complexity index is 536. The Kier molecular flexibility index (Phi) is 5.79. The van der Waals surface area contributed by atoms with Gasteiger partial charge in [-0.25, -0.2) is 8.42 Å². The summed E-state index contributed by atoms with van der Waals surface area (Å²) in [5.41, 5.74) is 1.11. The van der Waals surface area contributed by atoms with Gasteiger partial charge in [-0.3, -0.25) is 0 Å². The Labute approximate surface area is 128 Å². The summed E-state index contributed by atoms with van der Waals surface area (Å²) in [4.78, 5) is 0.422. The molecule has 0 radical (unpaired) electrons. The summed E-state index contributed by atoms with van der Waals surface area (Å²) in [6.07, 6.45) is 3.94. The number of unbranched alkanes of at least 4 members (excludes halogenated alkanes) is 1. The van der Waals surface area contributed by atoms with Crippen LogP contribution in [0.25, 0.3) is 0 Å². The number of benzene rings is 1. The van der Waals surface area contributed by atoms with Gasteiger partial charge in [0.15, 0.2) is 0 Å². The van der Waals surface area contributed by atoms with Crippen LogP contribution in [0.1, 0.15) is 45.1 Å². The molecule has 0 aromatic heterocycles. The second-order valence-electron chi connectivity index (χ2n) is 5.62. The Morgan fingerprint density at radius 3 is 2.38 bits per heavy atom. The molecule has 2 rings (SSSR count). The lowest BCUT2D eigenvalue weighted by Crippen LogP contribution is -2.34. The van der Waals surface area contributed by atoms with E-state index in [4.69, 9.17) is 0 Å². The molecule has 1 fully saturated rings. The summed E-state index contributed by atoms with van der Waals surface area (Å²) in [5, 5.41) is 3.24. The van der Waals surface area contributed by atoms with Crippen LogP contribution in [0.2, 0.25) is 0 Å². The van der Waals surface area contributed by atoms with E-state index >= 15 is 0 Å². The molecule has 0 spiro atoms. The van der Waals surface area contributed by atoms with E-state index in [2.05, 4.69) is 19.2 Å². The molecular weight excluding hydrogens is 284 g/mol. The van der Waals surface area contributed by atoms with Gasteiger partial charge in [0.2, 0.25) is 10.0 Å². The molecule has 4 nitrogen and oxygen atoms in total. The van der Waals surface area contributed by atoms with Crippen LogP contribution in [0.15, 0.2) is 29.2 Å². The summed E-state index contributed by atoms with van der Waals surface area (Å²) < 4.78 is 27.2. The standard InChI is InChI=1S/C16H26N2O2S/c1-3-5-12-18(15-8-9-15)21(19,20)16-10-6-14(7-11-16)13-17-4-2/h6-7,10-11,15,17H,3-5,8-9,12-13H2,1-2H3. The molecule has 0 aliphatic heterocycles. The fourth-order valence-electron chi connectivity index (χ4n) is 2.36. The van der Waals surface area contributed by atoms with E-state index in [0.29, 0.717) is 11.4 Å². The first kappa shape index (κ1) is 16.5. The van der Waals surface area contributed by atoms with Gasteiger partial charge in [0, 0.05) is 19.1 Å². The third kappa shape index (κ3) is 4.28. The Morgan fingerprint density at radius 2 is 1.86 bits per heavy atom. The lowest BCUT2D eigenvalue weighted by molar-refractivity contribution is 0.395. The van der Waals surface area contributed by atoms with E-state index in [1.54, 1.807) is 16.4 Å². The second-order valence-corrected chi connectivity index (χ2v) is 7.52. The molecule has 0 heterocycles. The molecule has 0 unspecified atom stereocenters. The lowest BCUT2D eigenvalue weighted by Gasteiger charge is -2.21. The molecule has 0 atom stereocenters. The number of rotatable bonds is 9. The van der Waals surface area contributed by atoms with Crippen LogP contribution in [-0.2, 0) is 16.6 Å². The van der Waals surface area contributed by atoms with Crippen molar-refractivity contribution < 1.29 is 8.42 Å². The third-order valence-corrected chi connectivity index (χ3v) is 5.76. The monoisotopic (exact) mass is 310 g/mol. The highest BCUT2D eigenvalue weighted by molar-refractivity contribution is 7.89. The molecule has 1 aliphatic rings. The first-order valence-corrected chi connectivity index (χ1v) is 9.35. The summed E-state index contributed by atoms with van der Waals surface area (Å²) in [6, 6.07) is 7.51. The Balaban J connectivity index is 2.13. The van der Waals surface area contributed by atoms with Gasteiger partial charge in [-0.1, -0.05) is 32.4 Å². The minimum absolute atomic E-state index is 0.225. The summed E-state index contributed by atoms with van der Waals surface area (Å²) >= 11 is 0. The number of hydrogen-bond donors (Lipinski definition) is 1. The van der Waals surface area contributed by atoms with Gasteiger partial charge in [0.1, 0.15) is 0 Å². The highest BCUT2D eigenvalue weighted by Gasteiger charge is 2.37. The van der Waals surface area contributed by atoms with Crippen LogP contribution in [0, 0.1) is 0 Å². The quantitative estimate of drug-likeness (QED) is 0.763. The van der Waals surface area contributed by atoms with Crippen molar-refractivity contribution in [2.75, 3.05) is 13.1 Å². The predicted octanol–water partition coefficient (Wildman–Crippen LogP) is 2.75. The molecule has 1 saturated carbocycles. The molecule has 0 amide bonds. The molecule has 1 aromatic rings. The lowest BCUT2D eigenvalue weighted by atomic mass is 10.2. The first-order valence-electron chi connectivity index (χ1n) is 7.91. The average Bonchev–Trinajstić information content (AvgIpc) is 3.30. The van der Waals surface area contributed by atoms with Crippen molar-refractivity contribution in [2.24, 2.45) is 0 Å². The summed E-state index contributed by atoms with van der Waals surface area (Å²) in [7, 11) is -3.33. The first-order chi connectivity index (χ1) is 10.1. The van der Waals surface area contributed by atoms with E-state index < -0.39 is 10.0 Å². The van der Waals surface area contributed by atoms with Gasteiger partial charge in [0.05, 0.1) is 4.90 Å². The minimum Gasteiger partial charge on any atom is -0.313 e. The highest BCUT2D eigenvalue weighted by atomic mass is 32.2. The SMILES string of the molecule is CCCCN(C1CC1)S(=O)(=O)c1ccc(CNCC)cc1. The van der Waals surface area contributed by atoms with Crippen LogP contribution in [0.4, 0.5) is 0 Å². The van der Waals surface area contributed by atoms with Gasteiger partial charge >= 0.3 is 0 Å². The van der Waals surface area contributed by atoms with Crippen LogP contribution < -0.4 is 5.32 Å². The van der Waals surface area contributed by atoms with E-state index in [9.17, 15) is 8.42 Å². The largest absolute Gasteiger partial charge is 0.313 e. The maximum absolute atomic E-state index is 12.8. The Hall–Kier alpha value is -0.910. The van der Waals surface area contributed by atoms with Crippen molar-refractivity contribution in [2.45, 2.75) is 57.0 Å². The van der Waals surface area contributed by atoms with Crippen molar-refractivity contribution in [3.8, 4) is 0 Å². The van der Waals surface area contributed by atoms with Gasteiger partial charge in [-0.15, -0.1) is 0 Å². The molecule has 21 heavy (non-hydrogen) atoms. The van der Waals surface area contributed by atoms with Crippen molar-refractivity contribution in [1.82, 2.24) is 9.62 Å². The zero-order valence-electron chi connectivity index (χ0n) is 13.0. The molecule has 1 aromatic carbocycles. The number of sulfonamides is 1. The zero-order valence-corrected chi connectivity index (χ0v) is 13.8. The van der Waals surface area contributed by atoms with Crippen molar-refractivity contribution in [3.05, 3.63) is 29.8 Å². The number of nitrogens with one attached hydrogen (secondary N) is 1. The van der Waals surface area contributed by atoms with Crippen molar-refractivity contribution in [3.63, 3.8) is 0 Å². The molecule has 5 heteroatoms. The molecule has 0 bridgehead atoms. The predicted molar refractivity (Wildman–Crippen MR) is 85.6 cm³/mol. The molecule has 1 aliphatic carbocycles. The molecule has 0 saturated heterocycles. The minimum atomic E-state index is -3.33. The van der Waals surface area contributed by atoms with Gasteiger partial charge in [-0.05, 0) is 43.5 Å². The van der Waals surface area contributed by atoms with Gasteiger partial charge in [0.25, 0.3) is 0 Å². The van der Waals surface area contributed by atoms with Crippen molar-refractivity contribution in [1.29, 1.82) is 0 Å². The molecular formula is C16H26N2O2S. The topological polar surface area (TPSA) is 49.4 Å². The van der Waals surface area contributed by atoms with E-state index in [1.165, 1.54) is 0 Å². The van der Waals surface area contributed by atoms with E-state index in [-0.39, 0.29) is 6.04 Å². The zero-order chi connectivity index (χ0) is 15.3. The summed E-state index contributed by atoms with van der Waals surface area (Å²) in [5.74, 6) is 0. The smallest absolute Gasteiger partial charge is 0.243 e. The van der Waals surface area contributed by atoms with Crippen molar-refractivity contribution >= 4 is 10.0 Å². The van der Waals surface area contributed by atoms with Gasteiger partial charge < -0.3 is 5.32 Å². The fraction of sp³-hybridized carbons (Fsp3) is 0.625. The average molecular weight is 310 g/mol. The van der Waals surface area contributed by atoms with Gasteiger partial charge in [-0.2, -0.15) is 4.31 Å². The van der Waals surface area contributed by atoms with E-state index in [1.807, 2.05) is 12.1 Å². The van der Waals surface area contributed by atoms with Crippen LogP contribution in [0.5, 0.6) is 0 Å². The Morgan fingerprint density at radius 1 is 1.19 bits per heavy atom.